The molecule has 2 rings (SSSR count). The average Bonchev–Trinajstić information content (AvgIpc) is 2.66. The minimum atomic E-state index is -0.235. The molecular weight excluding hydrogens is 472 g/mol. The zero-order valence-corrected chi connectivity index (χ0v) is 19.6. The fourth-order valence-electron chi connectivity index (χ4n) is 3.44. The van der Waals surface area contributed by atoms with Crippen LogP contribution in [0, 0.1) is 11.7 Å². The first kappa shape index (κ1) is 24.7. The van der Waals surface area contributed by atoms with Gasteiger partial charge >= 0.3 is 5.97 Å². The molecular formula is C21H33FIN3O2. The van der Waals surface area contributed by atoms with Crippen LogP contribution in [0.4, 0.5) is 4.39 Å². The van der Waals surface area contributed by atoms with Crippen molar-refractivity contribution in [3.05, 3.63) is 35.6 Å². The molecule has 0 bridgehead atoms. The smallest absolute Gasteiger partial charge is 0.308 e. The maximum atomic E-state index is 13.5. The summed E-state index contributed by atoms with van der Waals surface area (Å²) in [7, 11) is 1.74. The number of guanidine groups is 1. The minimum Gasteiger partial charge on any atom is -0.466 e. The van der Waals surface area contributed by atoms with Gasteiger partial charge in [0.1, 0.15) is 5.82 Å². The maximum Gasteiger partial charge on any atom is 0.308 e. The Balaban J connectivity index is 0.00000392. The van der Waals surface area contributed by atoms with Crippen LogP contribution in [0.15, 0.2) is 29.3 Å². The molecule has 158 valence electrons. The summed E-state index contributed by atoms with van der Waals surface area (Å²) >= 11 is 0. The molecule has 0 aliphatic heterocycles. The van der Waals surface area contributed by atoms with Crippen LogP contribution in [0.3, 0.4) is 0 Å². The van der Waals surface area contributed by atoms with E-state index in [2.05, 4.69) is 29.5 Å². The van der Waals surface area contributed by atoms with E-state index in [4.69, 9.17) is 4.74 Å². The number of carbonyl (C=O) groups excluding carboxylic acids is 1. The number of nitrogens with zero attached hydrogens (tertiary/aromatic N) is 1. The Morgan fingerprint density at radius 2 is 1.96 bits per heavy atom. The van der Waals surface area contributed by atoms with E-state index in [1.165, 1.54) is 6.07 Å². The molecule has 28 heavy (non-hydrogen) atoms. The number of ether oxygens (including phenoxy) is 1. The van der Waals surface area contributed by atoms with Gasteiger partial charge in [-0.1, -0.05) is 26.0 Å². The number of aliphatic imine (C=N–C) groups is 1. The van der Waals surface area contributed by atoms with Gasteiger partial charge in [-0.3, -0.25) is 9.79 Å². The topological polar surface area (TPSA) is 62.7 Å². The van der Waals surface area contributed by atoms with Crippen molar-refractivity contribution in [2.24, 2.45) is 10.9 Å². The molecule has 0 atom stereocenters. The SMILES string of the molecule is CCOC(=O)C1CCC(NC(=NC)NCC(C)(C)c2cccc(F)c2)CC1.I. The van der Waals surface area contributed by atoms with E-state index in [1.807, 2.05) is 13.0 Å². The van der Waals surface area contributed by atoms with E-state index < -0.39 is 0 Å². The maximum absolute atomic E-state index is 13.5. The fourth-order valence-corrected chi connectivity index (χ4v) is 3.44. The lowest BCUT2D eigenvalue weighted by atomic mass is 9.84. The number of benzene rings is 1. The van der Waals surface area contributed by atoms with Crippen LogP contribution in [0.1, 0.15) is 52.0 Å². The molecule has 0 radical (unpaired) electrons. The first-order chi connectivity index (χ1) is 12.9. The highest BCUT2D eigenvalue weighted by molar-refractivity contribution is 14.0. The van der Waals surface area contributed by atoms with Crippen LogP contribution in [-0.4, -0.2) is 38.2 Å². The Bertz CT molecular complexity index is 659. The van der Waals surface area contributed by atoms with Gasteiger partial charge in [0.15, 0.2) is 5.96 Å². The monoisotopic (exact) mass is 505 g/mol. The molecule has 0 spiro atoms. The summed E-state index contributed by atoms with van der Waals surface area (Å²) in [6.45, 7) is 7.06. The molecule has 0 aromatic heterocycles. The van der Waals surface area contributed by atoms with Gasteiger partial charge in [-0.2, -0.15) is 0 Å². The van der Waals surface area contributed by atoms with Gasteiger partial charge in [-0.15, -0.1) is 24.0 Å². The molecule has 5 nitrogen and oxygen atoms in total. The van der Waals surface area contributed by atoms with E-state index >= 15 is 0 Å². The molecule has 7 heteroatoms. The lowest BCUT2D eigenvalue weighted by Gasteiger charge is -2.31. The van der Waals surface area contributed by atoms with Gasteiger partial charge in [0.2, 0.25) is 0 Å². The Hall–Kier alpha value is -1.38. The summed E-state index contributed by atoms with van der Waals surface area (Å²) in [5.74, 6) is 0.459. The first-order valence-corrected chi connectivity index (χ1v) is 9.75. The average molecular weight is 505 g/mol. The lowest BCUT2D eigenvalue weighted by molar-refractivity contribution is -0.149. The predicted molar refractivity (Wildman–Crippen MR) is 122 cm³/mol. The minimum absolute atomic E-state index is 0. The number of hydrogen-bond acceptors (Lipinski definition) is 3. The van der Waals surface area contributed by atoms with E-state index in [-0.39, 0.29) is 47.1 Å². The molecule has 0 saturated heterocycles. The Labute approximate surface area is 184 Å². The van der Waals surface area contributed by atoms with Crippen molar-refractivity contribution in [1.82, 2.24) is 10.6 Å². The first-order valence-electron chi connectivity index (χ1n) is 9.75. The zero-order chi connectivity index (χ0) is 19.9. The Morgan fingerprint density at radius 3 is 2.54 bits per heavy atom. The lowest BCUT2D eigenvalue weighted by Crippen LogP contribution is -2.48. The largest absolute Gasteiger partial charge is 0.466 e. The van der Waals surface area contributed by atoms with Crippen LogP contribution in [0.25, 0.3) is 0 Å². The molecule has 0 heterocycles. The van der Waals surface area contributed by atoms with Gasteiger partial charge in [0.25, 0.3) is 0 Å². The third-order valence-corrected chi connectivity index (χ3v) is 5.22. The number of esters is 1. The molecule has 1 aliphatic carbocycles. The van der Waals surface area contributed by atoms with E-state index in [9.17, 15) is 9.18 Å². The van der Waals surface area contributed by atoms with Crippen LogP contribution < -0.4 is 10.6 Å². The molecule has 2 N–H and O–H groups in total. The van der Waals surface area contributed by atoms with Crippen molar-refractivity contribution in [3.8, 4) is 0 Å². The molecule has 1 aromatic carbocycles. The number of nitrogens with one attached hydrogen (secondary N) is 2. The number of carbonyl (C=O) groups is 1. The van der Waals surface area contributed by atoms with E-state index in [0.29, 0.717) is 19.2 Å². The summed E-state index contributed by atoms with van der Waals surface area (Å²) in [6, 6.07) is 7.01. The van der Waals surface area contributed by atoms with Crippen molar-refractivity contribution in [3.63, 3.8) is 0 Å². The normalized spacial score (nSPS) is 20.1. The standard InChI is InChI=1S/C21H32FN3O2.HI/c1-5-27-19(26)15-9-11-18(12-10-15)25-20(23-4)24-14-21(2,3)16-7-6-8-17(22)13-16;/h6-8,13,15,18H,5,9-12,14H2,1-4H3,(H2,23,24,25);1H. The van der Waals surface area contributed by atoms with Crippen molar-refractivity contribution in [2.45, 2.75) is 57.9 Å². The highest BCUT2D eigenvalue weighted by Crippen LogP contribution is 2.26. The van der Waals surface area contributed by atoms with Gasteiger partial charge in [0.05, 0.1) is 12.5 Å². The van der Waals surface area contributed by atoms with E-state index in [1.54, 1.807) is 19.2 Å². The quantitative estimate of drug-likeness (QED) is 0.266. The Morgan fingerprint density at radius 1 is 1.29 bits per heavy atom. The van der Waals surface area contributed by atoms with Crippen molar-refractivity contribution < 1.29 is 13.9 Å². The second kappa shape index (κ2) is 11.6. The highest BCUT2D eigenvalue weighted by atomic mass is 127. The predicted octanol–water partition coefficient (Wildman–Crippen LogP) is 4.01. The molecule has 1 aliphatic rings. The zero-order valence-electron chi connectivity index (χ0n) is 17.3. The van der Waals surface area contributed by atoms with Gasteiger partial charge in [-0.05, 0) is 50.3 Å². The summed E-state index contributed by atoms with van der Waals surface area (Å²) < 4.78 is 18.6. The highest BCUT2D eigenvalue weighted by Gasteiger charge is 2.28. The third kappa shape index (κ3) is 7.22. The van der Waals surface area contributed by atoms with Crippen LogP contribution in [0.5, 0.6) is 0 Å². The van der Waals surface area contributed by atoms with Crippen LogP contribution in [-0.2, 0) is 14.9 Å². The second-order valence-electron chi connectivity index (χ2n) is 7.76. The summed E-state index contributed by atoms with van der Waals surface area (Å²) in [6.07, 6.45) is 3.50. The molecule has 1 fully saturated rings. The Kier molecular flexibility index (Phi) is 10.2. The molecule has 1 saturated carbocycles. The number of rotatable bonds is 6. The van der Waals surface area contributed by atoms with Gasteiger partial charge < -0.3 is 15.4 Å². The molecule has 0 amide bonds. The second-order valence-corrected chi connectivity index (χ2v) is 7.76. The van der Waals surface area contributed by atoms with Crippen molar-refractivity contribution >= 4 is 35.9 Å². The molecule has 1 aromatic rings. The molecule has 0 unspecified atom stereocenters. The third-order valence-electron chi connectivity index (χ3n) is 5.22. The number of halogens is 2. The summed E-state index contributed by atoms with van der Waals surface area (Å²) in [5, 5.41) is 6.80. The number of hydrogen-bond donors (Lipinski definition) is 2. The van der Waals surface area contributed by atoms with Gasteiger partial charge in [-0.25, -0.2) is 4.39 Å². The summed E-state index contributed by atoms with van der Waals surface area (Å²) in [4.78, 5) is 16.2. The fraction of sp³-hybridized carbons (Fsp3) is 0.619. The van der Waals surface area contributed by atoms with Crippen molar-refractivity contribution in [2.75, 3.05) is 20.2 Å². The van der Waals surface area contributed by atoms with E-state index in [0.717, 1.165) is 37.2 Å². The van der Waals surface area contributed by atoms with Crippen LogP contribution >= 0.6 is 24.0 Å². The van der Waals surface area contributed by atoms with Crippen molar-refractivity contribution in [1.29, 1.82) is 0 Å². The summed E-state index contributed by atoms with van der Waals surface area (Å²) in [5.41, 5.74) is 0.710. The van der Waals surface area contributed by atoms with Crippen LogP contribution in [0.2, 0.25) is 0 Å². The van der Waals surface area contributed by atoms with Gasteiger partial charge in [0, 0.05) is 25.0 Å².